The van der Waals surface area contributed by atoms with Crippen molar-refractivity contribution in [3.05, 3.63) is 387 Å². The summed E-state index contributed by atoms with van der Waals surface area (Å²) in [6.07, 6.45) is 10.6. The molecule has 0 bridgehead atoms. The van der Waals surface area contributed by atoms with Gasteiger partial charge in [-0.05, 0) is 245 Å². The van der Waals surface area contributed by atoms with Crippen molar-refractivity contribution in [2.45, 2.75) is 34.6 Å². The zero-order valence-electron chi connectivity index (χ0n) is 67.5. The molecule has 574 valence electrons. The Kier molecular flexibility index (Phi) is 16.9. The molecule has 0 fully saturated rings. The van der Waals surface area contributed by atoms with Crippen molar-refractivity contribution >= 4 is 164 Å². The van der Waals surface area contributed by atoms with Gasteiger partial charge in [0.2, 0.25) is 0 Å². The third kappa shape index (κ3) is 12.0. The first-order valence-electron chi connectivity index (χ1n) is 41.4. The average Bonchev–Trinajstić information content (AvgIpc) is 1.28. The summed E-state index contributed by atoms with van der Waals surface area (Å²) in [5.41, 5.74) is 33.9. The van der Waals surface area contributed by atoms with Gasteiger partial charge in [0.05, 0.1) is 33.1 Å². The van der Waals surface area contributed by atoms with Gasteiger partial charge in [0.25, 0.3) is 0 Å². The molecule has 0 unspecified atom stereocenters. The van der Waals surface area contributed by atoms with Crippen LogP contribution in [-0.2, 0) is 0 Å². The molecule has 9 nitrogen and oxygen atoms in total. The molecule has 25 rings (SSSR count). The summed E-state index contributed by atoms with van der Waals surface area (Å²) >= 11 is 0. The maximum absolute atomic E-state index is 6.32. The molecule has 0 aliphatic carbocycles. The number of hydrogen-bond acceptors (Lipinski definition) is 9. The lowest BCUT2D eigenvalue weighted by Crippen LogP contribution is -1.90. The molecule has 0 N–H and O–H groups in total. The molecule has 0 saturated heterocycles. The highest BCUT2D eigenvalue weighted by atomic mass is 16.3. The molecule has 0 aliphatic heterocycles. The number of hydrogen-bond donors (Lipinski definition) is 0. The van der Waals surface area contributed by atoms with E-state index in [0.717, 1.165) is 132 Å². The van der Waals surface area contributed by atoms with Crippen molar-refractivity contribution in [3.8, 4) is 77.9 Å². The van der Waals surface area contributed by atoms with Gasteiger partial charge in [-0.3, -0.25) is 29.9 Å². The van der Waals surface area contributed by atoms with Crippen LogP contribution in [-0.4, -0.2) is 29.9 Å². The van der Waals surface area contributed by atoms with Crippen LogP contribution < -0.4 is 0 Å². The molecule has 0 aliphatic rings. The number of benzene rings is 19. The van der Waals surface area contributed by atoms with Gasteiger partial charge in [-0.2, -0.15) is 0 Å². The monoisotopic (exact) mass is 1560 g/mol. The second kappa shape index (κ2) is 28.8. The second-order valence-electron chi connectivity index (χ2n) is 32.2. The van der Waals surface area contributed by atoms with Gasteiger partial charge >= 0.3 is 0 Å². The first kappa shape index (κ1) is 71.5. The van der Waals surface area contributed by atoms with Crippen LogP contribution in [0.25, 0.3) is 241 Å². The molecule has 0 saturated carbocycles. The summed E-state index contributed by atoms with van der Waals surface area (Å²) in [5, 5.41) is 20.9. The number of nitrogens with zero attached hydrogens (tertiary/aromatic N) is 6. The van der Waals surface area contributed by atoms with Gasteiger partial charge in [-0.15, -0.1) is 0 Å². The van der Waals surface area contributed by atoms with E-state index in [4.69, 9.17) is 23.2 Å². The number of aryl methyl sites for hydroxylation is 5. The highest BCUT2D eigenvalue weighted by Crippen LogP contribution is 2.46. The predicted molar refractivity (Wildman–Crippen MR) is 507 cm³/mol. The van der Waals surface area contributed by atoms with Crippen molar-refractivity contribution < 1.29 is 13.3 Å². The van der Waals surface area contributed by atoms with E-state index in [9.17, 15) is 0 Å². The zero-order chi connectivity index (χ0) is 81.4. The summed E-state index contributed by atoms with van der Waals surface area (Å²) in [7, 11) is 0. The fourth-order valence-electron chi connectivity index (χ4n) is 18.9. The Morgan fingerprint density at radius 1 is 0.164 bits per heavy atom. The fourth-order valence-corrected chi connectivity index (χ4v) is 18.9. The molecule has 0 amide bonds. The van der Waals surface area contributed by atoms with Crippen molar-refractivity contribution in [1.82, 2.24) is 29.9 Å². The molecule has 0 radical (unpaired) electrons. The Morgan fingerprint density at radius 3 is 0.893 bits per heavy atom. The third-order valence-corrected chi connectivity index (χ3v) is 24.7. The van der Waals surface area contributed by atoms with E-state index >= 15 is 0 Å². The van der Waals surface area contributed by atoms with E-state index in [2.05, 4.69) is 370 Å². The molecule has 0 spiro atoms. The molecular weight excluding hydrogens is 1490 g/mol. The number of para-hydroxylation sites is 1. The van der Waals surface area contributed by atoms with Crippen LogP contribution in [0.5, 0.6) is 0 Å². The van der Waals surface area contributed by atoms with Crippen LogP contribution in [0, 0.1) is 34.6 Å². The molecule has 122 heavy (non-hydrogen) atoms. The zero-order valence-corrected chi connectivity index (χ0v) is 67.5. The average molecular weight is 1560 g/mol. The van der Waals surface area contributed by atoms with Gasteiger partial charge in [-0.25, -0.2) is 0 Å². The van der Waals surface area contributed by atoms with Crippen LogP contribution in [0.3, 0.4) is 0 Å². The quantitative estimate of drug-likeness (QED) is 0.144. The van der Waals surface area contributed by atoms with Gasteiger partial charge in [0.15, 0.2) is 0 Å². The molecule has 6 aromatic heterocycles. The van der Waals surface area contributed by atoms with E-state index < -0.39 is 0 Å². The normalized spacial score (nSPS) is 11.8. The Hall–Kier alpha value is -15.8. The predicted octanol–water partition coefficient (Wildman–Crippen LogP) is 30.7. The smallest absolute Gasteiger partial charge is 0.138 e. The van der Waals surface area contributed by atoms with Crippen molar-refractivity contribution in [3.63, 3.8) is 0 Å². The van der Waals surface area contributed by atoms with Gasteiger partial charge < -0.3 is 13.3 Å². The van der Waals surface area contributed by atoms with E-state index in [1.165, 1.54) is 137 Å². The van der Waals surface area contributed by atoms with Crippen molar-refractivity contribution in [2.75, 3.05) is 0 Å². The topological polar surface area (TPSA) is 117 Å². The number of fused-ring (bicyclic) bond motifs is 27. The molecule has 0 atom stereocenters. The summed E-state index contributed by atoms with van der Waals surface area (Å²) in [6, 6.07) is 115. The summed E-state index contributed by atoms with van der Waals surface area (Å²) < 4.78 is 18.8. The molecule has 6 heterocycles. The summed E-state index contributed by atoms with van der Waals surface area (Å²) in [4.78, 5) is 28.1. The minimum absolute atomic E-state index is 0.895. The molecule has 19 aromatic carbocycles. The number of furan rings is 3. The largest absolute Gasteiger partial charge is 0.456 e. The Morgan fingerprint density at radius 2 is 0.451 bits per heavy atom. The van der Waals surface area contributed by atoms with E-state index in [1.54, 1.807) is 37.2 Å². The lowest BCUT2D eigenvalue weighted by atomic mass is 9.91. The van der Waals surface area contributed by atoms with Crippen LogP contribution in [0.1, 0.15) is 27.8 Å². The maximum atomic E-state index is 6.32. The molecule has 25 aromatic rings. The SMILES string of the molecule is Cc1cc(C)c2oc3c(C)cc(-c4ccc(-c5ccc6c(c5)c5ccccc5c5nccnc65)cc4)cc3c2c1.Cc1cccc2c1oc1c(C)cc(-c3ccc(-c4ccc5c(c4)c4ccccc4c4nccnc54)cc3)cc12.c1ccc(-c2ccc3oc4ccc(-c5ccccc5-c5ccc6c(c5)c5ccccc5c5nccnc65)cc4c3c2)cc1. The number of aromatic nitrogens is 6. The minimum atomic E-state index is 0.895. The minimum Gasteiger partial charge on any atom is -0.456 e. The van der Waals surface area contributed by atoms with Gasteiger partial charge in [0.1, 0.15) is 33.5 Å². The van der Waals surface area contributed by atoms with E-state index in [1.807, 2.05) is 6.07 Å². The van der Waals surface area contributed by atoms with Crippen LogP contribution in [0.4, 0.5) is 0 Å². The Labute approximate surface area is 701 Å². The Bertz CT molecular complexity index is 8540. The van der Waals surface area contributed by atoms with Crippen LogP contribution in [0.15, 0.2) is 372 Å². The van der Waals surface area contributed by atoms with Gasteiger partial charge in [0, 0.05) is 102 Å². The van der Waals surface area contributed by atoms with Crippen LogP contribution in [0.2, 0.25) is 0 Å². The highest BCUT2D eigenvalue weighted by molar-refractivity contribution is 6.26. The maximum Gasteiger partial charge on any atom is 0.138 e. The van der Waals surface area contributed by atoms with Gasteiger partial charge in [-0.1, -0.05) is 249 Å². The lowest BCUT2D eigenvalue weighted by Gasteiger charge is -2.13. The number of rotatable bonds is 7. The highest BCUT2D eigenvalue weighted by Gasteiger charge is 2.21. The summed E-state index contributed by atoms with van der Waals surface area (Å²) in [6.45, 7) is 10.6. The van der Waals surface area contributed by atoms with E-state index in [-0.39, 0.29) is 0 Å². The standard InChI is InChI=1S/C40H24N2O.C37H26N2O.C36H24N2O/c1-2-8-25(9-3-1)26-15-18-37-35(22-26)36-24-28(16-19-38(36)43-37)30-11-5-4-10-29(30)27-14-17-33-34(23-27)31-12-6-7-13-32(31)39-40(33)42-21-20-41-39;1-21-16-22(2)36-32(17-21)33-20-27(18-23(3)37(33)40-36)25-10-8-24(9-11-25)26-12-13-30-31(19-26)28-6-4-5-7-29(28)34-35(30)39-15-14-38-34;1-21-6-5-9-30-32-20-26(18-22(2)36(32)39-35(21)30)24-12-10-23(11-13-24)25-14-15-29-31(19-25)27-7-3-4-8-28(27)33-34(29)38-17-16-37-33/h1-24H;4-20H,1-3H3;3-20H,1-2H3. The fraction of sp³-hybridized carbons (Fsp3) is 0.0442. The first-order chi connectivity index (χ1) is 60.0. The third-order valence-electron chi connectivity index (χ3n) is 24.7. The summed E-state index contributed by atoms with van der Waals surface area (Å²) in [5.74, 6) is 0. The lowest BCUT2D eigenvalue weighted by molar-refractivity contribution is 0.662. The van der Waals surface area contributed by atoms with Crippen molar-refractivity contribution in [2.24, 2.45) is 0 Å². The Balaban J connectivity index is 0.000000106. The molecular formula is C113H74N6O3. The van der Waals surface area contributed by atoms with Crippen molar-refractivity contribution in [1.29, 1.82) is 0 Å². The second-order valence-corrected chi connectivity index (χ2v) is 32.2. The molecule has 9 heteroatoms. The van der Waals surface area contributed by atoms with Crippen LogP contribution >= 0.6 is 0 Å². The first-order valence-corrected chi connectivity index (χ1v) is 41.4. The van der Waals surface area contributed by atoms with E-state index in [0.29, 0.717) is 0 Å².